The summed E-state index contributed by atoms with van der Waals surface area (Å²) in [4.78, 5) is 45.9. The standard InChI is InChI=1S/C44H76NO10P/c1-3-5-7-9-11-13-15-17-19-20-22-24-26-28-30-32-34-36-43(47)55-40(38-53-56(50,51)54-39-41(45)44(48)49)37-52-42(46)35-33-31-29-27-25-23-21-18-16-14-12-10-8-6-4-2/h11-14,17-19,21-22,24,40-41H,3-10,15-16,20,23,25-39,45H2,1-2H3,(H,48,49)(H,50,51)/t40-,41+/m1/s1. The molecule has 0 heterocycles. The third-order valence-corrected chi connectivity index (χ3v) is 9.69. The normalized spacial score (nSPS) is 14.4. The molecule has 0 spiro atoms. The average molecular weight is 810 g/mol. The number of rotatable bonds is 39. The maximum Gasteiger partial charge on any atom is 0.472 e. The van der Waals surface area contributed by atoms with Gasteiger partial charge in [-0.25, -0.2) is 4.57 Å². The van der Waals surface area contributed by atoms with Gasteiger partial charge >= 0.3 is 25.7 Å². The second-order valence-electron chi connectivity index (χ2n) is 14.1. The molecule has 0 aromatic heterocycles. The fourth-order valence-electron chi connectivity index (χ4n) is 5.34. The highest BCUT2D eigenvalue weighted by Crippen LogP contribution is 2.43. The second kappa shape index (κ2) is 39.0. The van der Waals surface area contributed by atoms with Gasteiger partial charge in [0, 0.05) is 12.8 Å². The van der Waals surface area contributed by atoms with Crippen molar-refractivity contribution in [1.82, 2.24) is 0 Å². The van der Waals surface area contributed by atoms with Crippen LogP contribution in [0, 0.1) is 0 Å². The molecule has 0 amide bonds. The minimum absolute atomic E-state index is 0.130. The van der Waals surface area contributed by atoms with E-state index in [1.165, 1.54) is 38.5 Å². The molecule has 0 bridgehead atoms. The average Bonchev–Trinajstić information content (AvgIpc) is 3.17. The van der Waals surface area contributed by atoms with Crippen LogP contribution < -0.4 is 5.73 Å². The number of carboxylic acid groups (broad SMARTS) is 1. The van der Waals surface area contributed by atoms with Gasteiger partial charge < -0.3 is 25.2 Å². The summed E-state index contributed by atoms with van der Waals surface area (Å²) in [5.41, 5.74) is 5.33. The summed E-state index contributed by atoms with van der Waals surface area (Å²) >= 11 is 0. The highest BCUT2D eigenvalue weighted by Gasteiger charge is 2.28. The highest BCUT2D eigenvalue weighted by molar-refractivity contribution is 7.47. The molecule has 56 heavy (non-hydrogen) atoms. The zero-order chi connectivity index (χ0) is 41.4. The Morgan fingerprint density at radius 3 is 1.41 bits per heavy atom. The topological polar surface area (TPSA) is 172 Å². The molecule has 0 fully saturated rings. The lowest BCUT2D eigenvalue weighted by Gasteiger charge is -2.20. The van der Waals surface area contributed by atoms with Crippen molar-refractivity contribution in [3.8, 4) is 0 Å². The minimum Gasteiger partial charge on any atom is -0.480 e. The van der Waals surface area contributed by atoms with Crippen molar-refractivity contribution in [3.05, 3.63) is 60.8 Å². The van der Waals surface area contributed by atoms with Gasteiger partial charge in [0.25, 0.3) is 0 Å². The maximum absolute atomic E-state index is 12.6. The van der Waals surface area contributed by atoms with E-state index in [2.05, 4.69) is 79.1 Å². The van der Waals surface area contributed by atoms with E-state index in [9.17, 15) is 23.8 Å². The van der Waals surface area contributed by atoms with E-state index >= 15 is 0 Å². The molecule has 12 heteroatoms. The van der Waals surface area contributed by atoms with Crippen LogP contribution in [0.3, 0.4) is 0 Å². The fourth-order valence-corrected chi connectivity index (χ4v) is 6.11. The summed E-state index contributed by atoms with van der Waals surface area (Å²) in [6.07, 6.45) is 44.2. The van der Waals surface area contributed by atoms with Gasteiger partial charge in [0.1, 0.15) is 12.6 Å². The smallest absolute Gasteiger partial charge is 0.472 e. The van der Waals surface area contributed by atoms with E-state index in [0.29, 0.717) is 12.8 Å². The number of allylic oxidation sites excluding steroid dienone is 10. The van der Waals surface area contributed by atoms with Crippen molar-refractivity contribution in [1.29, 1.82) is 0 Å². The van der Waals surface area contributed by atoms with Crippen molar-refractivity contribution in [2.24, 2.45) is 5.73 Å². The van der Waals surface area contributed by atoms with Gasteiger partial charge in [0.15, 0.2) is 6.10 Å². The Kier molecular flexibility index (Phi) is 37.1. The third kappa shape index (κ3) is 38.1. The van der Waals surface area contributed by atoms with Gasteiger partial charge in [0.2, 0.25) is 0 Å². The lowest BCUT2D eigenvalue weighted by atomic mass is 10.1. The van der Waals surface area contributed by atoms with Crippen molar-refractivity contribution >= 4 is 25.7 Å². The number of phosphoric ester groups is 1. The van der Waals surface area contributed by atoms with Crippen LogP contribution in [-0.2, 0) is 37.5 Å². The molecule has 4 N–H and O–H groups in total. The largest absolute Gasteiger partial charge is 0.480 e. The van der Waals surface area contributed by atoms with Gasteiger partial charge in [-0.05, 0) is 83.5 Å². The molecule has 0 rings (SSSR count). The summed E-state index contributed by atoms with van der Waals surface area (Å²) in [5, 5.41) is 8.88. The minimum atomic E-state index is -4.73. The van der Waals surface area contributed by atoms with Gasteiger partial charge in [-0.2, -0.15) is 0 Å². The van der Waals surface area contributed by atoms with Crippen LogP contribution in [0.4, 0.5) is 0 Å². The van der Waals surface area contributed by atoms with Gasteiger partial charge in [-0.1, -0.05) is 132 Å². The monoisotopic (exact) mass is 810 g/mol. The Balaban J connectivity index is 4.46. The molecule has 0 aromatic carbocycles. The number of hydrogen-bond acceptors (Lipinski definition) is 9. The lowest BCUT2D eigenvalue weighted by molar-refractivity contribution is -0.161. The van der Waals surface area contributed by atoms with Gasteiger partial charge in [0.05, 0.1) is 13.2 Å². The van der Waals surface area contributed by atoms with Crippen LogP contribution >= 0.6 is 7.82 Å². The number of nitrogens with two attached hydrogens (primary N) is 1. The maximum atomic E-state index is 12.6. The summed E-state index contributed by atoms with van der Waals surface area (Å²) < 4.78 is 32.6. The molecule has 0 aromatic rings. The number of ether oxygens (including phenoxy) is 2. The Morgan fingerprint density at radius 2 is 0.946 bits per heavy atom. The van der Waals surface area contributed by atoms with Crippen molar-refractivity contribution in [2.45, 2.75) is 180 Å². The Morgan fingerprint density at radius 1 is 0.554 bits per heavy atom. The summed E-state index contributed by atoms with van der Waals surface area (Å²) in [5.74, 6) is -2.43. The van der Waals surface area contributed by atoms with Gasteiger partial charge in [-0.3, -0.25) is 23.4 Å². The number of esters is 2. The van der Waals surface area contributed by atoms with Crippen molar-refractivity contribution in [3.63, 3.8) is 0 Å². The first-order valence-electron chi connectivity index (χ1n) is 21.3. The SMILES string of the molecule is CCCCCC=CCC=CCC=CCCCCCCC(=O)O[C@H](COC(=O)CCCCCCCC=CCC=CCCCCC)COP(=O)(O)OC[C@H](N)C(=O)O. The number of carboxylic acids is 1. The van der Waals surface area contributed by atoms with Crippen LogP contribution in [0.1, 0.15) is 168 Å². The predicted octanol–water partition coefficient (Wildman–Crippen LogP) is 11.2. The second-order valence-corrected chi connectivity index (χ2v) is 15.6. The number of carbonyl (C=O) groups excluding carboxylic acids is 2. The van der Waals surface area contributed by atoms with E-state index in [0.717, 1.165) is 89.9 Å². The first kappa shape index (κ1) is 53.2. The molecular formula is C44H76NO10P. The summed E-state index contributed by atoms with van der Waals surface area (Å²) in [6.45, 7) is 2.70. The van der Waals surface area contributed by atoms with Crippen LogP contribution in [0.15, 0.2) is 60.8 Å². The van der Waals surface area contributed by atoms with Crippen molar-refractivity contribution < 1.29 is 47.5 Å². The fraction of sp³-hybridized carbons (Fsp3) is 0.705. The Bertz CT molecular complexity index is 1180. The number of hydrogen-bond donors (Lipinski definition) is 3. The molecule has 0 saturated carbocycles. The third-order valence-electron chi connectivity index (χ3n) is 8.74. The number of unbranched alkanes of at least 4 members (excludes halogenated alkanes) is 15. The molecule has 0 aliphatic heterocycles. The van der Waals surface area contributed by atoms with E-state index in [4.69, 9.17) is 24.8 Å². The zero-order valence-electron chi connectivity index (χ0n) is 34.7. The zero-order valence-corrected chi connectivity index (χ0v) is 35.6. The Labute approximate surface area is 338 Å². The summed E-state index contributed by atoms with van der Waals surface area (Å²) in [6, 6.07) is -1.53. The van der Waals surface area contributed by atoms with Crippen LogP contribution in [0.25, 0.3) is 0 Å². The molecule has 11 nitrogen and oxygen atoms in total. The van der Waals surface area contributed by atoms with E-state index < -0.39 is 51.1 Å². The van der Waals surface area contributed by atoms with Crippen LogP contribution in [-0.4, -0.2) is 59.9 Å². The lowest BCUT2D eigenvalue weighted by Crippen LogP contribution is -2.34. The highest BCUT2D eigenvalue weighted by atomic mass is 31.2. The number of carbonyl (C=O) groups is 3. The first-order chi connectivity index (χ1) is 27.1. The Hall–Kier alpha value is -2.82. The molecule has 322 valence electrons. The number of aliphatic carboxylic acids is 1. The predicted molar refractivity (Wildman–Crippen MR) is 226 cm³/mol. The van der Waals surface area contributed by atoms with E-state index in [1.807, 2.05) is 0 Å². The number of phosphoric acid groups is 1. The van der Waals surface area contributed by atoms with Crippen LogP contribution in [0.2, 0.25) is 0 Å². The quantitative estimate of drug-likeness (QED) is 0.0233. The van der Waals surface area contributed by atoms with E-state index in [1.54, 1.807) is 0 Å². The molecule has 0 saturated heterocycles. The van der Waals surface area contributed by atoms with Gasteiger partial charge in [-0.15, -0.1) is 0 Å². The molecule has 0 radical (unpaired) electrons. The molecule has 0 aliphatic rings. The molecule has 1 unspecified atom stereocenters. The molecular weight excluding hydrogens is 733 g/mol. The van der Waals surface area contributed by atoms with Crippen molar-refractivity contribution in [2.75, 3.05) is 19.8 Å². The van der Waals surface area contributed by atoms with E-state index in [-0.39, 0.29) is 19.4 Å². The molecule has 0 aliphatic carbocycles. The molecule has 3 atom stereocenters. The van der Waals surface area contributed by atoms with Crippen LogP contribution in [0.5, 0.6) is 0 Å². The first-order valence-corrected chi connectivity index (χ1v) is 22.8. The summed E-state index contributed by atoms with van der Waals surface area (Å²) in [7, 11) is -4.73.